The van der Waals surface area contributed by atoms with E-state index in [1.807, 2.05) is 18.2 Å². The molecule has 0 spiro atoms. The van der Waals surface area contributed by atoms with E-state index in [4.69, 9.17) is 9.47 Å². The van der Waals surface area contributed by atoms with Crippen molar-refractivity contribution in [3.05, 3.63) is 42.1 Å². The second-order valence-corrected chi connectivity index (χ2v) is 5.44. The first-order chi connectivity index (χ1) is 9.72. The Morgan fingerprint density at radius 2 is 1.95 bits per heavy atom. The number of hydrogen-bond donors (Lipinski definition) is 0. The molecule has 1 aromatic carbocycles. The van der Waals surface area contributed by atoms with E-state index in [1.54, 1.807) is 25.3 Å². The minimum absolute atomic E-state index is 0.0384. The summed E-state index contributed by atoms with van der Waals surface area (Å²) < 4.78 is 11.0. The first kappa shape index (κ1) is 13.0. The predicted molar refractivity (Wildman–Crippen MR) is 75.8 cm³/mol. The van der Waals surface area contributed by atoms with Gasteiger partial charge in [0.15, 0.2) is 17.3 Å². The summed E-state index contributed by atoms with van der Waals surface area (Å²) in [4.78, 5) is 16.6. The first-order valence-corrected chi connectivity index (χ1v) is 7.08. The number of ether oxygens (including phenoxy) is 2. The molecule has 2 heterocycles. The number of Topliss-reactive ketones (excluding diaryl/α,β-unsaturated/α-hetero) is 1. The van der Waals surface area contributed by atoms with E-state index in [9.17, 15) is 4.79 Å². The molecule has 4 nitrogen and oxygen atoms in total. The molecule has 0 aliphatic carbocycles. The van der Waals surface area contributed by atoms with E-state index in [0.29, 0.717) is 18.8 Å². The minimum atomic E-state index is 0.0384. The van der Waals surface area contributed by atoms with Gasteiger partial charge in [0.2, 0.25) is 0 Å². The van der Waals surface area contributed by atoms with Gasteiger partial charge < -0.3 is 9.47 Å². The lowest BCUT2D eigenvalue weighted by atomic mass is 10.2. The molecule has 1 aromatic heterocycles. The molecule has 0 unspecified atom stereocenters. The van der Waals surface area contributed by atoms with Gasteiger partial charge >= 0.3 is 0 Å². The molecule has 5 heteroatoms. The van der Waals surface area contributed by atoms with Crippen LogP contribution in [0.15, 0.2) is 46.5 Å². The Morgan fingerprint density at radius 1 is 1.15 bits per heavy atom. The lowest BCUT2D eigenvalue weighted by molar-refractivity contribution is 0.101. The number of fused-ring (bicyclic) bond motifs is 1. The molecule has 3 rings (SSSR count). The van der Waals surface area contributed by atoms with Crippen molar-refractivity contribution in [2.24, 2.45) is 0 Å². The number of carbonyl (C=O) groups is 1. The fraction of sp³-hybridized carbons (Fsp3) is 0.200. The normalized spacial score (nSPS) is 13.1. The van der Waals surface area contributed by atoms with E-state index in [-0.39, 0.29) is 5.78 Å². The summed E-state index contributed by atoms with van der Waals surface area (Å²) in [6, 6.07) is 9.30. The van der Waals surface area contributed by atoms with Crippen LogP contribution in [0.1, 0.15) is 17.3 Å². The van der Waals surface area contributed by atoms with Crippen LogP contribution in [-0.2, 0) is 0 Å². The molecule has 0 fully saturated rings. The summed E-state index contributed by atoms with van der Waals surface area (Å²) in [5.41, 5.74) is 0.667. The number of ketones is 1. The molecule has 0 saturated heterocycles. The van der Waals surface area contributed by atoms with Crippen LogP contribution < -0.4 is 9.47 Å². The Hall–Kier alpha value is -2.01. The van der Waals surface area contributed by atoms with Crippen LogP contribution in [0.3, 0.4) is 0 Å². The second-order valence-electron chi connectivity index (χ2n) is 4.35. The van der Waals surface area contributed by atoms with Crippen LogP contribution in [0.5, 0.6) is 11.5 Å². The summed E-state index contributed by atoms with van der Waals surface area (Å²) in [7, 11) is 0. The third-order valence-corrected chi connectivity index (χ3v) is 3.80. The highest BCUT2D eigenvalue weighted by molar-refractivity contribution is 7.99. The molecule has 0 amide bonds. The van der Waals surface area contributed by atoms with Gasteiger partial charge in [0.1, 0.15) is 18.2 Å². The van der Waals surface area contributed by atoms with E-state index in [1.165, 1.54) is 11.8 Å². The van der Waals surface area contributed by atoms with E-state index in [0.717, 1.165) is 21.4 Å². The molecule has 0 bridgehead atoms. The molecule has 0 radical (unpaired) electrons. The Bertz CT molecular complexity index is 657. The molecule has 0 saturated carbocycles. The zero-order valence-electron chi connectivity index (χ0n) is 11.0. The van der Waals surface area contributed by atoms with Gasteiger partial charge in [0.05, 0.1) is 0 Å². The Kier molecular flexibility index (Phi) is 3.60. The smallest absolute Gasteiger partial charge is 0.162 e. The summed E-state index contributed by atoms with van der Waals surface area (Å²) in [6.07, 6.45) is 1.65. The van der Waals surface area contributed by atoms with Gasteiger partial charge in [-0.15, -0.1) is 0 Å². The Balaban J connectivity index is 1.84. The lowest BCUT2D eigenvalue weighted by Crippen LogP contribution is -2.15. The van der Waals surface area contributed by atoms with Gasteiger partial charge in [-0.2, -0.15) is 0 Å². The monoisotopic (exact) mass is 287 g/mol. The minimum Gasteiger partial charge on any atom is -0.486 e. The number of pyridine rings is 1. The van der Waals surface area contributed by atoms with Crippen molar-refractivity contribution in [2.75, 3.05) is 13.2 Å². The van der Waals surface area contributed by atoms with Crippen LogP contribution in [0.2, 0.25) is 0 Å². The average Bonchev–Trinajstić information content (AvgIpc) is 2.47. The van der Waals surface area contributed by atoms with Gasteiger partial charge in [-0.25, -0.2) is 4.98 Å². The Labute approximate surface area is 121 Å². The largest absolute Gasteiger partial charge is 0.486 e. The molecular formula is C15H13NO3S. The van der Waals surface area contributed by atoms with Crippen LogP contribution in [0.4, 0.5) is 0 Å². The van der Waals surface area contributed by atoms with E-state index < -0.39 is 0 Å². The maximum Gasteiger partial charge on any atom is 0.162 e. The Morgan fingerprint density at radius 3 is 2.75 bits per heavy atom. The summed E-state index contributed by atoms with van der Waals surface area (Å²) in [6.45, 7) is 2.70. The summed E-state index contributed by atoms with van der Waals surface area (Å²) in [5.74, 6) is 1.56. The third-order valence-electron chi connectivity index (χ3n) is 2.88. The second kappa shape index (κ2) is 5.54. The molecule has 102 valence electrons. The van der Waals surface area contributed by atoms with E-state index >= 15 is 0 Å². The molecule has 0 atom stereocenters. The summed E-state index contributed by atoms with van der Waals surface area (Å²) >= 11 is 1.49. The molecule has 1 aliphatic heterocycles. The van der Waals surface area contributed by atoms with Crippen molar-refractivity contribution in [3.63, 3.8) is 0 Å². The van der Waals surface area contributed by atoms with Crippen LogP contribution in [0, 0.1) is 0 Å². The summed E-state index contributed by atoms with van der Waals surface area (Å²) in [5, 5.41) is 0.786. The zero-order chi connectivity index (χ0) is 13.9. The maximum absolute atomic E-state index is 11.4. The van der Waals surface area contributed by atoms with Crippen molar-refractivity contribution >= 4 is 17.5 Å². The maximum atomic E-state index is 11.4. The van der Waals surface area contributed by atoms with Crippen LogP contribution in [-0.4, -0.2) is 24.0 Å². The van der Waals surface area contributed by atoms with Crippen molar-refractivity contribution < 1.29 is 14.3 Å². The predicted octanol–water partition coefficient (Wildman–Crippen LogP) is 3.21. The van der Waals surface area contributed by atoms with Crippen LogP contribution in [0.25, 0.3) is 0 Å². The number of aromatic nitrogens is 1. The zero-order valence-corrected chi connectivity index (χ0v) is 11.8. The first-order valence-electron chi connectivity index (χ1n) is 6.27. The average molecular weight is 287 g/mol. The standard InChI is InChI=1S/C15H13NO3S/c1-10(17)11-4-5-16-15(8-11)20-12-2-3-13-14(9-12)19-7-6-18-13/h2-5,8-9H,6-7H2,1H3. The molecular weight excluding hydrogens is 274 g/mol. The molecule has 0 N–H and O–H groups in total. The fourth-order valence-electron chi connectivity index (χ4n) is 1.89. The highest BCUT2D eigenvalue weighted by Crippen LogP contribution is 2.36. The van der Waals surface area contributed by atoms with Crippen molar-refractivity contribution in [2.45, 2.75) is 16.8 Å². The van der Waals surface area contributed by atoms with Gasteiger partial charge in [-0.05, 0) is 37.3 Å². The molecule has 1 aliphatic rings. The molecule has 2 aromatic rings. The van der Waals surface area contributed by atoms with Crippen molar-refractivity contribution in [3.8, 4) is 11.5 Å². The highest BCUT2D eigenvalue weighted by Gasteiger charge is 2.12. The van der Waals surface area contributed by atoms with Crippen molar-refractivity contribution in [1.82, 2.24) is 4.98 Å². The SMILES string of the molecule is CC(=O)c1ccnc(Sc2ccc3c(c2)OCCO3)c1. The number of hydrogen-bond acceptors (Lipinski definition) is 5. The van der Waals surface area contributed by atoms with Crippen LogP contribution >= 0.6 is 11.8 Å². The van der Waals surface area contributed by atoms with Gasteiger partial charge in [-0.1, -0.05) is 11.8 Å². The highest BCUT2D eigenvalue weighted by atomic mass is 32.2. The number of rotatable bonds is 3. The van der Waals surface area contributed by atoms with Gasteiger partial charge in [0, 0.05) is 16.7 Å². The molecule has 20 heavy (non-hydrogen) atoms. The quantitative estimate of drug-likeness (QED) is 0.811. The number of carbonyl (C=O) groups excluding carboxylic acids is 1. The van der Waals surface area contributed by atoms with Gasteiger partial charge in [0.25, 0.3) is 0 Å². The van der Waals surface area contributed by atoms with E-state index in [2.05, 4.69) is 4.98 Å². The van der Waals surface area contributed by atoms with Crippen molar-refractivity contribution in [1.29, 1.82) is 0 Å². The van der Waals surface area contributed by atoms with Gasteiger partial charge in [-0.3, -0.25) is 4.79 Å². The number of benzene rings is 1. The third kappa shape index (κ3) is 2.77. The topological polar surface area (TPSA) is 48.4 Å². The fourth-order valence-corrected chi connectivity index (χ4v) is 2.74. The lowest BCUT2D eigenvalue weighted by Gasteiger charge is -2.18. The number of nitrogens with zero attached hydrogens (tertiary/aromatic N) is 1.